The number of anilines is 3. The summed E-state index contributed by atoms with van der Waals surface area (Å²) in [7, 11) is 0. The van der Waals surface area contributed by atoms with Crippen LogP contribution in [0.5, 0.6) is 0 Å². The predicted molar refractivity (Wildman–Crippen MR) is 98.0 cm³/mol. The normalized spacial score (nSPS) is 10.8. The van der Waals surface area contributed by atoms with Crippen molar-refractivity contribution in [1.29, 1.82) is 5.26 Å². The van der Waals surface area contributed by atoms with E-state index in [1.807, 2.05) is 25.1 Å². The molecule has 0 aliphatic rings. The Morgan fingerprint density at radius 3 is 2.71 bits per heavy atom. The molecule has 0 fully saturated rings. The van der Waals surface area contributed by atoms with Gasteiger partial charge in [-0.05, 0) is 36.8 Å². The highest BCUT2D eigenvalue weighted by Crippen LogP contribution is 2.29. The van der Waals surface area contributed by atoms with Crippen LogP contribution in [0.15, 0.2) is 48.2 Å². The number of hydrogen-bond acceptors (Lipinski definition) is 4. The van der Waals surface area contributed by atoms with Crippen molar-refractivity contribution >= 4 is 46.2 Å². The SMILES string of the molecule is Cc1ccc(N)c(N/C=C(/C#N)C(=O)Nc2cccc(Cl)c2Cl)c1. The third-order valence-corrected chi connectivity index (χ3v) is 3.96. The molecule has 4 N–H and O–H groups in total. The van der Waals surface area contributed by atoms with Gasteiger partial charge >= 0.3 is 0 Å². The van der Waals surface area contributed by atoms with Gasteiger partial charge in [-0.3, -0.25) is 4.79 Å². The van der Waals surface area contributed by atoms with Gasteiger partial charge < -0.3 is 16.4 Å². The van der Waals surface area contributed by atoms with Gasteiger partial charge in [-0.1, -0.05) is 35.3 Å². The number of carbonyl (C=O) groups excluding carboxylic acids is 1. The summed E-state index contributed by atoms with van der Waals surface area (Å²) in [6.07, 6.45) is 1.29. The second-order valence-corrected chi connectivity index (χ2v) is 5.75. The first-order valence-electron chi connectivity index (χ1n) is 6.90. The Morgan fingerprint density at radius 1 is 1.25 bits per heavy atom. The van der Waals surface area contributed by atoms with Crippen LogP contribution in [0.4, 0.5) is 17.1 Å². The van der Waals surface area contributed by atoms with E-state index in [-0.39, 0.29) is 10.6 Å². The largest absolute Gasteiger partial charge is 0.397 e. The van der Waals surface area contributed by atoms with Crippen molar-refractivity contribution in [2.45, 2.75) is 6.92 Å². The number of hydrogen-bond donors (Lipinski definition) is 3. The number of nitrogen functional groups attached to an aromatic ring is 1. The molecule has 0 aromatic heterocycles. The minimum atomic E-state index is -0.611. The van der Waals surface area contributed by atoms with Crippen molar-refractivity contribution < 1.29 is 4.79 Å². The first kappa shape index (κ1) is 17.7. The maximum absolute atomic E-state index is 12.2. The van der Waals surface area contributed by atoms with E-state index in [4.69, 9.17) is 28.9 Å². The third kappa shape index (κ3) is 4.19. The molecule has 122 valence electrons. The highest BCUT2D eigenvalue weighted by molar-refractivity contribution is 6.44. The lowest BCUT2D eigenvalue weighted by atomic mass is 10.2. The van der Waals surface area contributed by atoms with Crippen molar-refractivity contribution in [1.82, 2.24) is 0 Å². The van der Waals surface area contributed by atoms with E-state index < -0.39 is 5.91 Å². The molecule has 0 radical (unpaired) electrons. The van der Waals surface area contributed by atoms with Crippen molar-refractivity contribution in [2.24, 2.45) is 0 Å². The first-order chi connectivity index (χ1) is 11.4. The van der Waals surface area contributed by atoms with Crippen LogP contribution >= 0.6 is 23.2 Å². The number of rotatable bonds is 4. The van der Waals surface area contributed by atoms with Crippen LogP contribution in [0.25, 0.3) is 0 Å². The maximum Gasteiger partial charge on any atom is 0.267 e. The summed E-state index contributed by atoms with van der Waals surface area (Å²) in [5, 5.41) is 15.1. The smallest absolute Gasteiger partial charge is 0.267 e. The van der Waals surface area contributed by atoms with Crippen molar-refractivity contribution in [3.05, 3.63) is 63.8 Å². The molecule has 0 aliphatic heterocycles. The van der Waals surface area contributed by atoms with Gasteiger partial charge in [-0.15, -0.1) is 0 Å². The molecule has 0 bridgehead atoms. The fourth-order valence-corrected chi connectivity index (χ4v) is 2.23. The van der Waals surface area contributed by atoms with E-state index in [2.05, 4.69) is 10.6 Å². The van der Waals surface area contributed by atoms with Crippen molar-refractivity contribution in [2.75, 3.05) is 16.4 Å². The summed E-state index contributed by atoms with van der Waals surface area (Å²) in [4.78, 5) is 12.2. The zero-order valence-corrected chi connectivity index (χ0v) is 14.2. The van der Waals surface area contributed by atoms with Gasteiger partial charge in [0.2, 0.25) is 0 Å². The van der Waals surface area contributed by atoms with E-state index in [1.165, 1.54) is 6.20 Å². The van der Waals surface area contributed by atoms with Crippen molar-refractivity contribution in [3.8, 4) is 6.07 Å². The molecule has 0 atom stereocenters. The molecule has 1 amide bonds. The zero-order valence-electron chi connectivity index (χ0n) is 12.7. The number of nitrogens with zero attached hydrogens (tertiary/aromatic N) is 1. The second-order valence-electron chi connectivity index (χ2n) is 4.96. The van der Waals surface area contributed by atoms with Crippen LogP contribution < -0.4 is 16.4 Å². The second kappa shape index (κ2) is 7.73. The number of nitrogens with one attached hydrogen (secondary N) is 2. The molecule has 2 aromatic rings. The third-order valence-electron chi connectivity index (χ3n) is 3.15. The van der Waals surface area contributed by atoms with Gasteiger partial charge in [-0.25, -0.2) is 0 Å². The lowest BCUT2D eigenvalue weighted by molar-refractivity contribution is -0.112. The van der Waals surface area contributed by atoms with Gasteiger partial charge in [0.25, 0.3) is 5.91 Å². The summed E-state index contributed by atoms with van der Waals surface area (Å²) >= 11 is 11.9. The number of aryl methyl sites for hydroxylation is 1. The van der Waals surface area contributed by atoms with E-state index in [0.29, 0.717) is 22.1 Å². The Balaban J connectivity index is 2.18. The number of nitriles is 1. The Bertz CT molecular complexity index is 856. The highest BCUT2D eigenvalue weighted by Gasteiger charge is 2.12. The summed E-state index contributed by atoms with van der Waals surface area (Å²) in [6, 6.07) is 12.1. The number of amides is 1. The lowest BCUT2D eigenvalue weighted by Gasteiger charge is -2.09. The number of carbonyl (C=O) groups is 1. The fourth-order valence-electron chi connectivity index (χ4n) is 1.88. The molecule has 2 aromatic carbocycles. The average Bonchev–Trinajstić information content (AvgIpc) is 2.55. The Kier molecular flexibility index (Phi) is 5.69. The van der Waals surface area contributed by atoms with Crippen LogP contribution in [0.1, 0.15) is 5.56 Å². The van der Waals surface area contributed by atoms with E-state index >= 15 is 0 Å². The molecule has 0 heterocycles. The number of nitrogens with two attached hydrogens (primary N) is 1. The van der Waals surface area contributed by atoms with Gasteiger partial charge in [0.15, 0.2) is 0 Å². The molecule has 0 saturated heterocycles. The molecule has 0 spiro atoms. The van der Waals surface area contributed by atoms with Crippen LogP contribution in [0, 0.1) is 18.3 Å². The Labute approximate surface area is 149 Å². The quantitative estimate of drug-likeness (QED) is 0.429. The van der Waals surface area contributed by atoms with Gasteiger partial charge in [0.05, 0.1) is 27.1 Å². The highest BCUT2D eigenvalue weighted by atomic mass is 35.5. The molecule has 7 heteroatoms. The Hall–Kier alpha value is -2.68. The summed E-state index contributed by atoms with van der Waals surface area (Å²) in [5.74, 6) is -0.611. The van der Waals surface area contributed by atoms with Gasteiger partial charge in [0.1, 0.15) is 11.6 Å². The predicted octanol–water partition coefficient (Wildman–Crippen LogP) is 4.34. The molecular formula is C17H14Cl2N4O. The molecule has 2 rings (SSSR count). The summed E-state index contributed by atoms with van der Waals surface area (Å²) < 4.78 is 0. The number of halogens is 2. The van der Waals surface area contributed by atoms with Crippen LogP contribution in [-0.4, -0.2) is 5.91 Å². The minimum absolute atomic E-state index is 0.132. The summed E-state index contributed by atoms with van der Waals surface area (Å²) in [6.45, 7) is 1.91. The first-order valence-corrected chi connectivity index (χ1v) is 7.66. The summed E-state index contributed by atoms with van der Waals surface area (Å²) in [5.41, 5.74) is 8.15. The van der Waals surface area contributed by atoms with E-state index in [0.717, 1.165) is 5.56 Å². The fraction of sp³-hybridized carbons (Fsp3) is 0.0588. The molecule has 5 nitrogen and oxygen atoms in total. The molecule has 0 unspecified atom stereocenters. The molecule has 0 aliphatic carbocycles. The van der Waals surface area contributed by atoms with Crippen LogP contribution in [-0.2, 0) is 4.79 Å². The lowest BCUT2D eigenvalue weighted by Crippen LogP contribution is -2.15. The average molecular weight is 361 g/mol. The van der Waals surface area contributed by atoms with Crippen LogP contribution in [0.2, 0.25) is 10.0 Å². The number of benzene rings is 2. The topological polar surface area (TPSA) is 90.9 Å². The van der Waals surface area contributed by atoms with Crippen LogP contribution in [0.3, 0.4) is 0 Å². The molecule has 0 saturated carbocycles. The monoisotopic (exact) mass is 360 g/mol. The molecule has 24 heavy (non-hydrogen) atoms. The van der Waals surface area contributed by atoms with E-state index in [9.17, 15) is 10.1 Å². The van der Waals surface area contributed by atoms with E-state index in [1.54, 1.807) is 24.3 Å². The zero-order chi connectivity index (χ0) is 17.7. The standard InChI is InChI=1S/C17H14Cl2N4O/c1-10-5-6-13(21)15(7-10)22-9-11(8-20)17(24)23-14-4-2-3-12(18)16(14)19/h2-7,9,22H,21H2,1H3,(H,23,24)/b11-9-. The minimum Gasteiger partial charge on any atom is -0.397 e. The molecular weight excluding hydrogens is 347 g/mol. The van der Waals surface area contributed by atoms with Gasteiger partial charge in [-0.2, -0.15) is 5.26 Å². The Morgan fingerprint density at radius 2 is 2.00 bits per heavy atom. The van der Waals surface area contributed by atoms with Gasteiger partial charge in [0, 0.05) is 6.20 Å². The van der Waals surface area contributed by atoms with Crippen molar-refractivity contribution in [3.63, 3.8) is 0 Å². The maximum atomic E-state index is 12.2.